The highest BCUT2D eigenvalue weighted by Crippen LogP contribution is 2.57. The summed E-state index contributed by atoms with van der Waals surface area (Å²) in [5, 5.41) is 8.99. The summed E-state index contributed by atoms with van der Waals surface area (Å²) in [6.07, 6.45) is 0. The average Bonchev–Trinajstić information content (AvgIpc) is 3.19. The van der Waals surface area contributed by atoms with E-state index in [2.05, 4.69) is 0 Å². The van der Waals surface area contributed by atoms with Gasteiger partial charge < -0.3 is 9.63 Å². The maximum atomic E-state index is 12.9. The normalized spacial score (nSPS) is 20.9. The molecule has 0 spiro atoms. The van der Waals surface area contributed by atoms with Gasteiger partial charge in [-0.05, 0) is 0 Å². The molecule has 1 N–H and O–H groups in total. The van der Waals surface area contributed by atoms with Crippen molar-refractivity contribution in [1.82, 2.24) is 9.34 Å². The van der Waals surface area contributed by atoms with Crippen LogP contribution in [0.15, 0.2) is 0 Å². The minimum atomic E-state index is -3.00. The van der Waals surface area contributed by atoms with Crippen molar-refractivity contribution in [3.63, 3.8) is 0 Å². The topological polar surface area (TPSA) is 52.8 Å². The molecule has 0 aliphatic carbocycles. The maximum Gasteiger partial charge on any atom is 0.346 e. The zero-order valence-electron chi connectivity index (χ0n) is 10.6. The van der Waals surface area contributed by atoms with Crippen LogP contribution in [0.3, 0.4) is 0 Å². The van der Waals surface area contributed by atoms with E-state index in [9.17, 15) is 4.57 Å². The highest BCUT2D eigenvalue weighted by molar-refractivity contribution is 7.54. The third-order valence-corrected chi connectivity index (χ3v) is 5.72. The number of halogens is 2. The second-order valence-electron chi connectivity index (χ2n) is 4.36. The van der Waals surface area contributed by atoms with E-state index in [-0.39, 0.29) is 19.1 Å². The van der Waals surface area contributed by atoms with Crippen LogP contribution in [0.5, 0.6) is 0 Å². The van der Waals surface area contributed by atoms with Gasteiger partial charge in [0, 0.05) is 50.5 Å². The molecule has 0 saturated carbocycles. The first-order valence-corrected chi connectivity index (χ1v) is 8.66. The van der Waals surface area contributed by atoms with Crippen molar-refractivity contribution in [3.05, 3.63) is 0 Å². The molecule has 0 unspecified atom stereocenters. The lowest BCUT2D eigenvalue weighted by Crippen LogP contribution is -2.30. The summed E-state index contributed by atoms with van der Waals surface area (Å²) in [7, 11) is -3.00. The smallest absolute Gasteiger partial charge is 0.346 e. The van der Waals surface area contributed by atoms with E-state index in [1.807, 2.05) is 6.92 Å². The van der Waals surface area contributed by atoms with Gasteiger partial charge in [-0.25, -0.2) is 9.34 Å². The molecule has 0 bridgehead atoms. The van der Waals surface area contributed by atoms with Crippen molar-refractivity contribution in [2.45, 2.75) is 6.92 Å². The van der Waals surface area contributed by atoms with Gasteiger partial charge in [-0.2, -0.15) is 0 Å². The quantitative estimate of drug-likeness (QED) is 0.378. The van der Waals surface area contributed by atoms with Gasteiger partial charge in [-0.1, -0.05) is 6.92 Å². The number of aliphatic hydroxyl groups is 1. The molecule has 1 heterocycles. The summed E-state index contributed by atoms with van der Waals surface area (Å²) in [6.45, 7) is 4.64. The van der Waals surface area contributed by atoms with Crippen LogP contribution in [0.4, 0.5) is 0 Å². The minimum absolute atomic E-state index is 0.0189. The first kappa shape index (κ1) is 16.7. The van der Waals surface area contributed by atoms with E-state index in [0.29, 0.717) is 24.8 Å². The lowest BCUT2D eigenvalue weighted by molar-refractivity contribution is 0.158. The van der Waals surface area contributed by atoms with Crippen molar-refractivity contribution in [3.8, 4) is 0 Å². The van der Waals surface area contributed by atoms with Crippen molar-refractivity contribution in [2.24, 2.45) is 5.92 Å². The molecule has 2 atom stereocenters. The van der Waals surface area contributed by atoms with Gasteiger partial charge in [0.25, 0.3) is 0 Å². The van der Waals surface area contributed by atoms with Crippen LogP contribution in [0.25, 0.3) is 0 Å². The Morgan fingerprint density at radius 3 is 2.33 bits per heavy atom. The Labute approximate surface area is 119 Å². The second-order valence-corrected chi connectivity index (χ2v) is 7.49. The van der Waals surface area contributed by atoms with Crippen LogP contribution in [-0.4, -0.2) is 65.6 Å². The Kier molecular flexibility index (Phi) is 7.47. The Morgan fingerprint density at radius 1 is 1.39 bits per heavy atom. The van der Waals surface area contributed by atoms with Crippen LogP contribution in [0.2, 0.25) is 0 Å². The third kappa shape index (κ3) is 4.64. The van der Waals surface area contributed by atoms with Gasteiger partial charge in [-0.3, -0.25) is 4.57 Å². The Balaban J connectivity index is 2.67. The predicted octanol–water partition coefficient (Wildman–Crippen LogP) is 1.83. The number of aliphatic hydroxyl groups excluding tert-OH is 1. The van der Waals surface area contributed by atoms with E-state index in [0.717, 1.165) is 13.1 Å². The molecule has 0 radical (unpaired) electrons. The molecule has 1 aliphatic heterocycles. The molecular formula is C10H21Cl2N2O3P. The van der Waals surface area contributed by atoms with Crippen molar-refractivity contribution < 1.29 is 14.2 Å². The van der Waals surface area contributed by atoms with E-state index in [4.69, 9.17) is 32.8 Å². The number of hydrogen-bond acceptors (Lipinski definition) is 3. The van der Waals surface area contributed by atoms with Gasteiger partial charge in [0.05, 0.1) is 6.61 Å². The summed E-state index contributed by atoms with van der Waals surface area (Å²) < 4.78 is 22.0. The Hall–Kier alpha value is 0.650. The lowest BCUT2D eigenvalue weighted by Gasteiger charge is -2.31. The van der Waals surface area contributed by atoms with Gasteiger partial charge in [0.15, 0.2) is 0 Å². The SMILES string of the molecule is C[C@H](CO)CO[P@](=O)(N(CCCl)CCCl)N1CC1. The maximum absolute atomic E-state index is 12.9. The zero-order chi connectivity index (χ0) is 13.6. The molecule has 1 aliphatic rings. The first-order chi connectivity index (χ1) is 8.58. The van der Waals surface area contributed by atoms with Gasteiger partial charge >= 0.3 is 7.67 Å². The molecule has 18 heavy (non-hydrogen) atoms. The molecule has 0 aromatic heterocycles. The summed E-state index contributed by atoms with van der Waals surface area (Å²) in [5.74, 6) is 0.730. The largest absolute Gasteiger partial charge is 0.396 e. The summed E-state index contributed by atoms with van der Waals surface area (Å²) in [5.41, 5.74) is 0. The predicted molar refractivity (Wildman–Crippen MR) is 74.4 cm³/mol. The van der Waals surface area contributed by atoms with E-state index in [1.54, 1.807) is 9.34 Å². The molecule has 0 aromatic rings. The average molecular weight is 319 g/mol. The third-order valence-electron chi connectivity index (χ3n) is 2.66. The van der Waals surface area contributed by atoms with E-state index < -0.39 is 7.67 Å². The molecule has 5 nitrogen and oxygen atoms in total. The summed E-state index contributed by atoms with van der Waals surface area (Å²) in [4.78, 5) is 0. The summed E-state index contributed by atoms with van der Waals surface area (Å²) in [6, 6.07) is 0. The van der Waals surface area contributed by atoms with Crippen LogP contribution in [0, 0.1) is 5.92 Å². The van der Waals surface area contributed by atoms with Crippen molar-refractivity contribution in [2.75, 3.05) is 51.2 Å². The molecule has 1 saturated heterocycles. The van der Waals surface area contributed by atoms with Crippen molar-refractivity contribution in [1.29, 1.82) is 0 Å². The molecule has 1 fully saturated rings. The second kappa shape index (κ2) is 8.05. The summed E-state index contributed by atoms with van der Waals surface area (Å²) >= 11 is 11.5. The molecule has 108 valence electrons. The van der Waals surface area contributed by atoms with E-state index in [1.165, 1.54) is 0 Å². The fourth-order valence-electron chi connectivity index (χ4n) is 1.48. The molecular weight excluding hydrogens is 298 g/mol. The molecule has 8 heteroatoms. The molecule has 1 rings (SSSR count). The van der Waals surface area contributed by atoms with Gasteiger partial charge in [-0.15, -0.1) is 23.2 Å². The zero-order valence-corrected chi connectivity index (χ0v) is 13.0. The van der Waals surface area contributed by atoms with Gasteiger partial charge in [0.2, 0.25) is 0 Å². The number of alkyl halides is 2. The fourth-order valence-corrected chi connectivity index (χ4v) is 4.55. The van der Waals surface area contributed by atoms with Crippen molar-refractivity contribution >= 4 is 30.9 Å². The highest BCUT2D eigenvalue weighted by Gasteiger charge is 2.44. The lowest BCUT2D eigenvalue weighted by atomic mass is 10.2. The number of hydrogen-bond donors (Lipinski definition) is 1. The van der Waals surface area contributed by atoms with Crippen LogP contribution in [0.1, 0.15) is 6.92 Å². The first-order valence-electron chi connectivity index (χ1n) is 6.06. The van der Waals surface area contributed by atoms with Gasteiger partial charge in [0.1, 0.15) is 0 Å². The Bertz CT molecular complexity index is 286. The standard InChI is InChI=1S/C10H21Cl2N2O3P/c1-10(8-15)9-17-18(16,14-6-7-14)13(4-2-11)5-3-12/h10,15H,2-9H2,1H3/t10-,18-/m1/s1. The number of nitrogens with zero attached hydrogens (tertiary/aromatic N) is 2. The van der Waals surface area contributed by atoms with Crippen LogP contribution >= 0.6 is 30.9 Å². The van der Waals surface area contributed by atoms with Crippen LogP contribution < -0.4 is 0 Å². The molecule has 0 amide bonds. The molecule has 0 aromatic carbocycles. The minimum Gasteiger partial charge on any atom is -0.396 e. The monoisotopic (exact) mass is 318 g/mol. The van der Waals surface area contributed by atoms with Crippen LogP contribution in [-0.2, 0) is 9.09 Å². The Morgan fingerprint density at radius 2 is 1.94 bits per heavy atom. The fraction of sp³-hybridized carbons (Fsp3) is 1.00. The number of rotatable bonds is 10. The van der Waals surface area contributed by atoms with E-state index >= 15 is 0 Å². The highest BCUT2D eigenvalue weighted by atomic mass is 35.5.